The Morgan fingerprint density at radius 3 is 2.17 bits per heavy atom. The molecule has 0 aromatic heterocycles. The lowest BCUT2D eigenvalue weighted by Crippen LogP contribution is -2.44. The van der Waals surface area contributed by atoms with Gasteiger partial charge in [0, 0.05) is 19.7 Å². The normalized spacial score (nSPS) is 24.7. The van der Waals surface area contributed by atoms with Crippen LogP contribution >= 0.6 is 0 Å². The molecule has 2 atom stereocenters. The maximum absolute atomic E-state index is 12.6. The Morgan fingerprint density at radius 1 is 0.967 bits per heavy atom. The van der Waals surface area contributed by atoms with Crippen LogP contribution in [0.1, 0.15) is 53.9 Å². The number of ether oxygens (including phenoxy) is 1. The van der Waals surface area contributed by atoms with E-state index in [1.54, 1.807) is 12.1 Å². The largest absolute Gasteiger partial charge is 0.478 e. The van der Waals surface area contributed by atoms with Crippen LogP contribution in [0.15, 0.2) is 48.5 Å². The molecule has 0 unspecified atom stereocenters. The number of hydrogen-bond donors (Lipinski definition) is 1. The van der Waals surface area contributed by atoms with Crippen molar-refractivity contribution in [2.24, 2.45) is 5.41 Å². The lowest BCUT2D eigenvalue weighted by molar-refractivity contribution is -0.142. The smallest absolute Gasteiger partial charge is 0.335 e. The summed E-state index contributed by atoms with van der Waals surface area (Å²) in [5, 5.41) is 9.05. The Bertz CT molecular complexity index is 936. The molecule has 2 aliphatic heterocycles. The average molecular weight is 405 g/mol. The van der Waals surface area contributed by atoms with Gasteiger partial charge in [-0.15, -0.1) is 0 Å². The number of rotatable bonds is 4. The summed E-state index contributed by atoms with van der Waals surface area (Å²) in [5.74, 6) is -0.127. The van der Waals surface area contributed by atoms with Crippen molar-refractivity contribution in [2.45, 2.75) is 44.1 Å². The van der Waals surface area contributed by atoms with Crippen LogP contribution in [0.4, 0.5) is 0 Å². The molecule has 3 aliphatic rings. The van der Waals surface area contributed by atoms with E-state index in [0.29, 0.717) is 16.9 Å². The average Bonchev–Trinajstić information content (AvgIpc) is 3.21. The molecule has 2 heterocycles. The molecular weight excluding hydrogens is 378 g/mol. The molecule has 0 bridgehead atoms. The third kappa shape index (κ3) is 3.52. The Morgan fingerprint density at radius 2 is 1.60 bits per heavy atom. The van der Waals surface area contributed by atoms with E-state index in [1.165, 1.54) is 12.0 Å². The van der Waals surface area contributed by atoms with Crippen molar-refractivity contribution in [3.05, 3.63) is 59.7 Å². The van der Waals surface area contributed by atoms with Crippen molar-refractivity contribution in [2.75, 3.05) is 19.7 Å². The number of aromatic carboxylic acids is 1. The topological polar surface area (TPSA) is 66.8 Å². The molecule has 2 saturated heterocycles. The highest BCUT2D eigenvalue weighted by Gasteiger charge is 2.55. The molecule has 0 radical (unpaired) electrons. The van der Waals surface area contributed by atoms with Gasteiger partial charge in [0.25, 0.3) is 5.91 Å². The molecule has 2 aromatic carbocycles. The van der Waals surface area contributed by atoms with Crippen LogP contribution in [-0.4, -0.2) is 47.7 Å². The van der Waals surface area contributed by atoms with E-state index in [0.717, 1.165) is 56.5 Å². The minimum atomic E-state index is -0.903. The molecule has 3 fully saturated rings. The summed E-state index contributed by atoms with van der Waals surface area (Å²) in [6.45, 7) is 2.42. The zero-order valence-electron chi connectivity index (χ0n) is 17.0. The van der Waals surface area contributed by atoms with Gasteiger partial charge in [-0.1, -0.05) is 36.4 Å². The number of nitrogens with zero attached hydrogens (tertiary/aromatic N) is 1. The highest BCUT2D eigenvalue weighted by molar-refractivity contribution is 5.88. The van der Waals surface area contributed by atoms with Gasteiger partial charge in [0.05, 0.1) is 5.56 Å². The molecular formula is C25H27NO4. The van der Waals surface area contributed by atoms with Gasteiger partial charge in [-0.3, -0.25) is 4.79 Å². The Balaban J connectivity index is 1.21. The van der Waals surface area contributed by atoms with Gasteiger partial charge >= 0.3 is 5.97 Å². The second-order valence-electron chi connectivity index (χ2n) is 8.95. The number of carbonyl (C=O) groups excluding carboxylic acids is 1. The summed E-state index contributed by atoms with van der Waals surface area (Å²) in [5.41, 5.74) is 4.16. The summed E-state index contributed by atoms with van der Waals surface area (Å²) in [4.78, 5) is 25.6. The number of benzene rings is 2. The first kappa shape index (κ1) is 19.3. The lowest BCUT2D eigenvalue weighted by atomic mass is 9.88. The second kappa shape index (κ2) is 7.55. The number of amides is 1. The van der Waals surface area contributed by atoms with Crippen LogP contribution in [0.25, 0.3) is 11.1 Å². The first-order chi connectivity index (χ1) is 14.6. The SMILES string of the molecule is O=C(O)c1ccc(-c2ccc([C@H]3CC34CCN(C(=O)[C@H]3CCCO3)CC4)cc2)cc1. The van der Waals surface area contributed by atoms with Crippen molar-refractivity contribution >= 4 is 11.9 Å². The zero-order valence-corrected chi connectivity index (χ0v) is 17.0. The highest BCUT2D eigenvalue weighted by Crippen LogP contribution is 2.65. The predicted octanol–water partition coefficient (Wildman–Crippen LogP) is 4.33. The van der Waals surface area contributed by atoms with E-state index >= 15 is 0 Å². The first-order valence-corrected chi connectivity index (χ1v) is 10.9. The van der Waals surface area contributed by atoms with Crippen molar-refractivity contribution in [1.29, 1.82) is 0 Å². The summed E-state index contributed by atoms with van der Waals surface area (Å²) in [6, 6.07) is 15.7. The van der Waals surface area contributed by atoms with E-state index in [-0.39, 0.29) is 12.0 Å². The molecule has 30 heavy (non-hydrogen) atoms. The zero-order chi connectivity index (χ0) is 20.7. The van der Waals surface area contributed by atoms with Gasteiger partial charge in [0.2, 0.25) is 0 Å². The highest BCUT2D eigenvalue weighted by atomic mass is 16.5. The van der Waals surface area contributed by atoms with Crippen molar-refractivity contribution in [3.8, 4) is 11.1 Å². The minimum Gasteiger partial charge on any atom is -0.478 e. The van der Waals surface area contributed by atoms with Gasteiger partial charge in [-0.25, -0.2) is 4.79 Å². The van der Waals surface area contributed by atoms with E-state index in [1.807, 2.05) is 17.0 Å². The number of likely N-dealkylation sites (tertiary alicyclic amines) is 1. The van der Waals surface area contributed by atoms with Gasteiger partial charge in [0.1, 0.15) is 6.10 Å². The summed E-state index contributed by atoms with van der Waals surface area (Å²) >= 11 is 0. The van der Waals surface area contributed by atoms with Crippen LogP contribution in [0.2, 0.25) is 0 Å². The summed E-state index contributed by atoms with van der Waals surface area (Å²) < 4.78 is 5.57. The molecule has 5 nitrogen and oxygen atoms in total. The molecule has 1 spiro atoms. The predicted molar refractivity (Wildman–Crippen MR) is 113 cm³/mol. The quantitative estimate of drug-likeness (QED) is 0.822. The van der Waals surface area contributed by atoms with Crippen LogP contribution in [0.3, 0.4) is 0 Å². The molecule has 5 rings (SSSR count). The Kier molecular flexibility index (Phi) is 4.86. The minimum absolute atomic E-state index is 0.192. The Labute approximate surface area is 176 Å². The fourth-order valence-corrected chi connectivity index (χ4v) is 5.23. The number of carbonyl (C=O) groups is 2. The molecule has 1 saturated carbocycles. The number of carboxylic acid groups (broad SMARTS) is 1. The standard InChI is InChI=1S/C25H27NO4/c27-23(22-2-1-15-30-22)26-13-11-25(12-14-26)16-21(25)19-7-3-17(4-8-19)18-5-9-20(10-6-18)24(28)29/h3-10,21-22H,1-2,11-16H2,(H,28,29)/t21-,22-/m1/s1. The summed E-state index contributed by atoms with van der Waals surface area (Å²) in [7, 11) is 0. The fraction of sp³-hybridized carbons (Fsp3) is 0.440. The maximum Gasteiger partial charge on any atom is 0.335 e. The third-order valence-corrected chi connectivity index (χ3v) is 7.24. The molecule has 1 aliphatic carbocycles. The van der Waals surface area contributed by atoms with E-state index in [9.17, 15) is 9.59 Å². The molecule has 5 heteroatoms. The van der Waals surface area contributed by atoms with Gasteiger partial charge in [-0.05, 0) is 72.3 Å². The van der Waals surface area contributed by atoms with Gasteiger partial charge in [0.15, 0.2) is 0 Å². The molecule has 1 amide bonds. The van der Waals surface area contributed by atoms with E-state index in [4.69, 9.17) is 9.84 Å². The van der Waals surface area contributed by atoms with E-state index in [2.05, 4.69) is 24.3 Å². The van der Waals surface area contributed by atoms with Gasteiger partial charge < -0.3 is 14.7 Å². The first-order valence-electron chi connectivity index (χ1n) is 10.9. The van der Waals surface area contributed by atoms with Crippen LogP contribution in [0.5, 0.6) is 0 Å². The van der Waals surface area contributed by atoms with Crippen LogP contribution in [0, 0.1) is 5.41 Å². The fourth-order valence-electron chi connectivity index (χ4n) is 5.23. The molecule has 1 N–H and O–H groups in total. The summed E-state index contributed by atoms with van der Waals surface area (Å²) in [6.07, 6.45) is 5.03. The Hall–Kier alpha value is -2.66. The van der Waals surface area contributed by atoms with Crippen LogP contribution < -0.4 is 0 Å². The number of carboxylic acids is 1. The number of piperidine rings is 1. The monoisotopic (exact) mass is 405 g/mol. The van der Waals surface area contributed by atoms with Crippen molar-refractivity contribution in [1.82, 2.24) is 4.90 Å². The van der Waals surface area contributed by atoms with E-state index < -0.39 is 5.97 Å². The van der Waals surface area contributed by atoms with Crippen LogP contribution in [-0.2, 0) is 9.53 Å². The third-order valence-electron chi connectivity index (χ3n) is 7.24. The molecule has 2 aromatic rings. The second-order valence-corrected chi connectivity index (χ2v) is 8.95. The van der Waals surface area contributed by atoms with Gasteiger partial charge in [-0.2, -0.15) is 0 Å². The van der Waals surface area contributed by atoms with Crippen molar-refractivity contribution < 1.29 is 19.4 Å². The van der Waals surface area contributed by atoms with Crippen molar-refractivity contribution in [3.63, 3.8) is 0 Å². The molecule has 156 valence electrons. The maximum atomic E-state index is 12.6. The lowest BCUT2D eigenvalue weighted by Gasteiger charge is -2.34. The number of hydrogen-bond acceptors (Lipinski definition) is 3.